The summed E-state index contributed by atoms with van der Waals surface area (Å²) in [5, 5.41) is 10.1. The Morgan fingerprint density at radius 3 is 2.52 bits per heavy atom. The number of H-pyrrole nitrogens is 2. The molecule has 17 nitrogen and oxygen atoms in total. The van der Waals surface area contributed by atoms with E-state index in [0.717, 1.165) is 0 Å². The topological polar surface area (TPSA) is 277 Å². The number of aromatic amines is 2. The molecule has 0 aliphatic carbocycles. The molecule has 1 aliphatic rings. The van der Waals surface area contributed by atoms with Gasteiger partial charge in [-0.15, -0.1) is 0 Å². The SMILES string of the molecule is Nc1nc2c([C@H]3C[C@@H](O)[C@@H](COP(=O)(O)OP(=O)(O)OP(=O)(O)O)O3)c[nH]c2c(=O)[nH]1. The smallest absolute Gasteiger partial charge is 0.390 e. The lowest BCUT2D eigenvalue weighted by atomic mass is 10.1. The Labute approximate surface area is 171 Å². The third-order valence-electron chi connectivity index (χ3n) is 3.97. The quantitative estimate of drug-likeness (QED) is 0.207. The second-order valence-electron chi connectivity index (χ2n) is 6.27. The molecule has 2 unspecified atom stereocenters. The Kier molecular flexibility index (Phi) is 6.62. The fourth-order valence-electron chi connectivity index (χ4n) is 2.85. The van der Waals surface area contributed by atoms with Gasteiger partial charge in [-0.1, -0.05) is 0 Å². The third-order valence-corrected chi connectivity index (χ3v) is 7.77. The average molecular weight is 506 g/mol. The maximum absolute atomic E-state index is 11.9. The summed E-state index contributed by atoms with van der Waals surface area (Å²) in [7, 11) is -16.5. The molecule has 1 saturated heterocycles. The van der Waals surface area contributed by atoms with Crippen LogP contribution in [0.2, 0.25) is 0 Å². The van der Waals surface area contributed by atoms with Crippen LogP contribution in [0.15, 0.2) is 11.0 Å². The van der Waals surface area contributed by atoms with Gasteiger partial charge in [-0.3, -0.25) is 14.3 Å². The lowest BCUT2D eigenvalue weighted by molar-refractivity contribution is -0.0217. The molecular formula is C11H17N4O13P3. The number of nitrogen functional groups attached to an aromatic ring is 1. The summed E-state index contributed by atoms with van der Waals surface area (Å²) >= 11 is 0. The zero-order valence-electron chi connectivity index (χ0n) is 15.1. The van der Waals surface area contributed by atoms with E-state index in [1.807, 2.05) is 0 Å². The summed E-state index contributed by atoms with van der Waals surface area (Å²) in [6.45, 7) is -0.820. The minimum Gasteiger partial charge on any atom is -0.390 e. The molecular weight excluding hydrogens is 489 g/mol. The molecule has 31 heavy (non-hydrogen) atoms. The summed E-state index contributed by atoms with van der Waals surface area (Å²) < 4.78 is 50.9. The predicted octanol–water partition coefficient (Wildman–Crippen LogP) is -0.632. The van der Waals surface area contributed by atoms with Gasteiger partial charge in [0.05, 0.1) is 18.8 Å². The number of phosphoric ester groups is 1. The lowest BCUT2D eigenvalue weighted by Crippen LogP contribution is -2.26. The molecule has 1 fully saturated rings. The number of aliphatic hydroxyl groups is 1. The van der Waals surface area contributed by atoms with Crippen LogP contribution in [0.1, 0.15) is 18.1 Å². The van der Waals surface area contributed by atoms with Crippen LogP contribution in [0, 0.1) is 0 Å². The van der Waals surface area contributed by atoms with Gasteiger partial charge in [-0.2, -0.15) is 8.62 Å². The van der Waals surface area contributed by atoms with Crippen LogP contribution in [0.4, 0.5) is 5.95 Å². The van der Waals surface area contributed by atoms with E-state index in [1.54, 1.807) is 0 Å². The fourth-order valence-corrected chi connectivity index (χ4v) is 5.88. The molecule has 3 heterocycles. The van der Waals surface area contributed by atoms with Gasteiger partial charge in [-0.25, -0.2) is 18.7 Å². The van der Waals surface area contributed by atoms with Gasteiger partial charge in [0.2, 0.25) is 5.95 Å². The standard InChI is InChI=1S/C11H17N4O13P3/c12-11-14-8-4(2-13-9(8)10(17)15-11)6-1-5(16)7(26-6)3-25-30(21,22)28-31(23,24)27-29(18,19)20/h2,5-7,13,16H,1,3H2,(H,21,22)(H,23,24)(H2,18,19,20)(H3,12,14,15,17)/t5-,6-,7-/m1/s1. The Bertz CT molecular complexity index is 1170. The van der Waals surface area contributed by atoms with Crippen molar-refractivity contribution in [3.63, 3.8) is 0 Å². The number of anilines is 1. The van der Waals surface area contributed by atoms with Crippen LogP contribution in [0.25, 0.3) is 11.0 Å². The average Bonchev–Trinajstić information content (AvgIpc) is 3.13. The zero-order valence-corrected chi connectivity index (χ0v) is 17.8. The zero-order chi connectivity index (χ0) is 23.2. The van der Waals surface area contributed by atoms with E-state index in [0.29, 0.717) is 5.56 Å². The molecule has 174 valence electrons. The van der Waals surface area contributed by atoms with E-state index in [2.05, 4.69) is 28.1 Å². The Balaban J connectivity index is 1.67. The first-order chi connectivity index (χ1) is 14.2. The molecule has 0 bridgehead atoms. The highest BCUT2D eigenvalue weighted by Crippen LogP contribution is 2.66. The number of fused-ring (bicyclic) bond motifs is 1. The number of hydrogen-bond donors (Lipinski definition) is 8. The molecule has 3 rings (SSSR count). The second-order valence-corrected chi connectivity index (χ2v) is 10.7. The van der Waals surface area contributed by atoms with Crippen LogP contribution >= 0.6 is 23.5 Å². The van der Waals surface area contributed by atoms with Crippen LogP contribution in [-0.2, 0) is 31.6 Å². The number of nitrogens with two attached hydrogens (primary N) is 1. The van der Waals surface area contributed by atoms with E-state index in [-0.39, 0.29) is 23.4 Å². The Hall–Kier alpha value is -1.45. The summed E-state index contributed by atoms with van der Waals surface area (Å²) in [6, 6.07) is 0. The molecule has 1 aliphatic heterocycles. The number of aliphatic hydroxyl groups excluding tert-OH is 1. The van der Waals surface area contributed by atoms with Gasteiger partial charge >= 0.3 is 23.5 Å². The summed E-state index contributed by atoms with van der Waals surface area (Å²) in [5.41, 5.74) is 5.66. The van der Waals surface area contributed by atoms with Crippen molar-refractivity contribution in [3.8, 4) is 0 Å². The molecule has 5 atom stereocenters. The minimum atomic E-state index is -5.66. The highest BCUT2D eigenvalue weighted by atomic mass is 31.3. The number of rotatable bonds is 8. The maximum Gasteiger partial charge on any atom is 0.490 e. The maximum atomic E-state index is 11.9. The van der Waals surface area contributed by atoms with Gasteiger partial charge in [0.25, 0.3) is 5.56 Å². The molecule has 0 aromatic carbocycles. The molecule has 0 saturated carbocycles. The molecule has 0 spiro atoms. The molecule has 2 aromatic heterocycles. The molecule has 20 heteroatoms. The number of phosphoric acid groups is 3. The number of hydrogen-bond acceptors (Lipinski definition) is 11. The fraction of sp³-hybridized carbons (Fsp3) is 0.455. The minimum absolute atomic E-state index is 0.0360. The van der Waals surface area contributed by atoms with Crippen molar-refractivity contribution in [1.82, 2.24) is 15.0 Å². The highest BCUT2D eigenvalue weighted by Gasteiger charge is 2.43. The van der Waals surface area contributed by atoms with E-state index >= 15 is 0 Å². The summed E-state index contributed by atoms with van der Waals surface area (Å²) in [4.78, 5) is 56.5. The summed E-state index contributed by atoms with van der Waals surface area (Å²) in [5.74, 6) is -0.152. The van der Waals surface area contributed by atoms with Gasteiger partial charge in [0.1, 0.15) is 17.1 Å². The van der Waals surface area contributed by atoms with Crippen molar-refractivity contribution in [1.29, 1.82) is 0 Å². The lowest BCUT2D eigenvalue weighted by Gasteiger charge is -2.19. The number of nitrogens with one attached hydrogen (secondary N) is 2. The van der Waals surface area contributed by atoms with Crippen molar-refractivity contribution in [2.24, 2.45) is 0 Å². The Morgan fingerprint density at radius 1 is 1.19 bits per heavy atom. The number of aromatic nitrogens is 3. The van der Waals surface area contributed by atoms with E-state index in [9.17, 15) is 28.5 Å². The van der Waals surface area contributed by atoms with Crippen LogP contribution in [-0.4, -0.2) is 58.4 Å². The molecule has 0 amide bonds. The van der Waals surface area contributed by atoms with Gasteiger partial charge in [0.15, 0.2) is 0 Å². The van der Waals surface area contributed by atoms with Crippen LogP contribution in [0.5, 0.6) is 0 Å². The van der Waals surface area contributed by atoms with E-state index in [4.69, 9.17) is 25.2 Å². The molecule has 0 radical (unpaired) electrons. The molecule has 9 N–H and O–H groups in total. The first kappa shape index (κ1) is 24.2. The first-order valence-corrected chi connectivity index (χ1v) is 12.7. The normalized spacial score (nSPS) is 26.0. The van der Waals surface area contributed by atoms with Crippen molar-refractivity contribution >= 4 is 40.4 Å². The highest BCUT2D eigenvalue weighted by molar-refractivity contribution is 7.66. The largest absolute Gasteiger partial charge is 0.490 e. The first-order valence-electron chi connectivity index (χ1n) is 8.14. The van der Waals surface area contributed by atoms with Crippen molar-refractivity contribution in [2.45, 2.75) is 24.7 Å². The van der Waals surface area contributed by atoms with E-state index < -0.39 is 53.9 Å². The van der Waals surface area contributed by atoms with Crippen molar-refractivity contribution < 1.29 is 56.3 Å². The second kappa shape index (κ2) is 8.48. The third kappa shape index (κ3) is 6.08. The van der Waals surface area contributed by atoms with Gasteiger partial charge < -0.3 is 40.1 Å². The van der Waals surface area contributed by atoms with Gasteiger partial charge in [-0.05, 0) is 0 Å². The molecule has 2 aromatic rings. The van der Waals surface area contributed by atoms with Crippen molar-refractivity contribution in [2.75, 3.05) is 12.3 Å². The Morgan fingerprint density at radius 2 is 1.87 bits per heavy atom. The van der Waals surface area contributed by atoms with Crippen molar-refractivity contribution in [3.05, 3.63) is 22.1 Å². The predicted molar refractivity (Wildman–Crippen MR) is 99.2 cm³/mol. The van der Waals surface area contributed by atoms with Gasteiger partial charge in [0, 0.05) is 18.2 Å². The summed E-state index contributed by atoms with van der Waals surface area (Å²) in [6.07, 6.45) is -1.91. The monoisotopic (exact) mass is 506 g/mol. The van der Waals surface area contributed by atoms with E-state index in [1.165, 1.54) is 6.20 Å². The number of nitrogens with zero attached hydrogens (tertiary/aromatic N) is 1. The van der Waals surface area contributed by atoms with Crippen LogP contribution < -0.4 is 11.3 Å². The van der Waals surface area contributed by atoms with Crippen LogP contribution in [0.3, 0.4) is 0 Å². The number of ether oxygens (including phenoxy) is 1.